The molecule has 2 rings (SSSR count). The van der Waals surface area contributed by atoms with E-state index in [-0.39, 0.29) is 21.9 Å². The molecule has 0 fully saturated rings. The number of ketones is 1. The van der Waals surface area contributed by atoms with Gasteiger partial charge in [0.2, 0.25) is 5.78 Å². The van der Waals surface area contributed by atoms with Gasteiger partial charge in [-0.1, -0.05) is 23.9 Å². The molecule has 0 aliphatic heterocycles. The number of aromatic nitrogens is 1. The van der Waals surface area contributed by atoms with E-state index < -0.39 is 10.7 Å². The fourth-order valence-electron chi connectivity index (χ4n) is 1.51. The van der Waals surface area contributed by atoms with Crippen molar-refractivity contribution in [2.24, 2.45) is 0 Å². The molecule has 0 spiro atoms. The van der Waals surface area contributed by atoms with E-state index in [0.29, 0.717) is 4.34 Å². The lowest BCUT2D eigenvalue weighted by Gasteiger charge is -2.00. The summed E-state index contributed by atoms with van der Waals surface area (Å²) in [4.78, 5) is 26.9. The molecule has 2 N–H and O–H groups in total. The SMILES string of the molecule is CSc1nc(N)c(C(=O)c2ccccc2[N+](=O)[O-])s1. The second-order valence-corrected chi connectivity index (χ2v) is 5.55. The number of benzene rings is 1. The van der Waals surface area contributed by atoms with Gasteiger partial charge in [0, 0.05) is 6.07 Å². The predicted octanol–water partition coefficient (Wildman–Crippen LogP) is 2.59. The van der Waals surface area contributed by atoms with Crippen LogP contribution in [0.4, 0.5) is 11.5 Å². The van der Waals surface area contributed by atoms with E-state index in [2.05, 4.69) is 4.98 Å². The highest BCUT2D eigenvalue weighted by Crippen LogP contribution is 2.31. The van der Waals surface area contributed by atoms with Crippen LogP contribution in [0.15, 0.2) is 28.6 Å². The number of para-hydroxylation sites is 1. The number of hydrogen-bond acceptors (Lipinski definition) is 7. The summed E-state index contributed by atoms with van der Waals surface area (Å²) in [5, 5.41) is 10.9. The standard InChI is InChI=1S/C11H9N3O3S2/c1-18-11-13-10(12)9(19-11)8(15)6-4-2-3-5-7(6)14(16)17/h2-5H,12H2,1H3. The number of thioether (sulfide) groups is 1. The molecule has 0 aliphatic carbocycles. The number of carbonyl (C=O) groups excluding carboxylic acids is 1. The summed E-state index contributed by atoms with van der Waals surface area (Å²) in [6, 6.07) is 5.80. The molecular formula is C11H9N3O3S2. The summed E-state index contributed by atoms with van der Waals surface area (Å²) in [7, 11) is 0. The van der Waals surface area contributed by atoms with Gasteiger partial charge in [-0.15, -0.1) is 11.3 Å². The Bertz CT molecular complexity index is 654. The molecule has 0 amide bonds. The Labute approximate surface area is 116 Å². The molecule has 0 aliphatic rings. The lowest BCUT2D eigenvalue weighted by atomic mass is 10.1. The van der Waals surface area contributed by atoms with E-state index in [0.717, 1.165) is 11.3 Å². The van der Waals surface area contributed by atoms with Crippen molar-refractivity contribution in [1.82, 2.24) is 4.98 Å². The first-order valence-electron chi connectivity index (χ1n) is 5.13. The number of nitrogens with two attached hydrogens (primary N) is 1. The highest BCUT2D eigenvalue weighted by molar-refractivity contribution is 8.00. The van der Waals surface area contributed by atoms with E-state index in [1.54, 1.807) is 6.07 Å². The molecule has 98 valence electrons. The van der Waals surface area contributed by atoms with Crippen LogP contribution in [0.1, 0.15) is 15.2 Å². The lowest BCUT2D eigenvalue weighted by Crippen LogP contribution is -2.06. The van der Waals surface area contributed by atoms with Crippen molar-refractivity contribution in [3.63, 3.8) is 0 Å². The molecule has 19 heavy (non-hydrogen) atoms. The van der Waals surface area contributed by atoms with Crippen LogP contribution in [0.3, 0.4) is 0 Å². The van der Waals surface area contributed by atoms with Gasteiger partial charge in [0.25, 0.3) is 5.69 Å². The number of thiazole rings is 1. The highest BCUT2D eigenvalue weighted by atomic mass is 32.2. The number of nitro benzene ring substituents is 1. The van der Waals surface area contributed by atoms with Gasteiger partial charge in [0.1, 0.15) is 16.3 Å². The van der Waals surface area contributed by atoms with Crippen molar-refractivity contribution in [3.05, 3.63) is 44.8 Å². The number of hydrogen-bond donors (Lipinski definition) is 1. The van der Waals surface area contributed by atoms with Crippen LogP contribution in [-0.2, 0) is 0 Å². The van der Waals surface area contributed by atoms with E-state index in [4.69, 9.17) is 5.73 Å². The van der Waals surface area contributed by atoms with Gasteiger partial charge in [0.15, 0.2) is 4.34 Å². The smallest absolute Gasteiger partial charge is 0.280 e. The molecule has 0 saturated heterocycles. The first-order chi connectivity index (χ1) is 9.04. The van der Waals surface area contributed by atoms with Crippen molar-refractivity contribution < 1.29 is 9.72 Å². The third-order valence-corrected chi connectivity index (χ3v) is 4.42. The zero-order valence-electron chi connectivity index (χ0n) is 9.82. The Morgan fingerprint density at radius 2 is 2.16 bits per heavy atom. The topological polar surface area (TPSA) is 99.1 Å². The molecule has 0 atom stereocenters. The van der Waals surface area contributed by atoms with Gasteiger partial charge >= 0.3 is 0 Å². The first kappa shape index (κ1) is 13.5. The number of anilines is 1. The zero-order valence-corrected chi connectivity index (χ0v) is 11.5. The molecule has 1 aromatic heterocycles. The van der Waals surface area contributed by atoms with Gasteiger partial charge in [0.05, 0.1) is 4.92 Å². The maximum Gasteiger partial charge on any atom is 0.280 e. The molecule has 0 unspecified atom stereocenters. The molecule has 0 bridgehead atoms. The summed E-state index contributed by atoms with van der Waals surface area (Å²) >= 11 is 2.51. The van der Waals surface area contributed by atoms with Crippen LogP contribution < -0.4 is 5.73 Å². The second kappa shape index (κ2) is 5.37. The highest BCUT2D eigenvalue weighted by Gasteiger charge is 2.24. The normalized spacial score (nSPS) is 10.4. The molecule has 8 heteroatoms. The molecule has 1 aromatic carbocycles. The van der Waals surface area contributed by atoms with Gasteiger partial charge < -0.3 is 5.73 Å². The summed E-state index contributed by atoms with van der Waals surface area (Å²) in [5.74, 6) is -0.361. The Morgan fingerprint density at radius 1 is 1.47 bits per heavy atom. The Balaban J connectivity index is 2.50. The van der Waals surface area contributed by atoms with Crippen molar-refractivity contribution in [1.29, 1.82) is 0 Å². The first-order valence-corrected chi connectivity index (χ1v) is 7.17. The molecular weight excluding hydrogens is 286 g/mol. The van der Waals surface area contributed by atoms with Crippen molar-refractivity contribution in [2.75, 3.05) is 12.0 Å². The number of carbonyl (C=O) groups is 1. The van der Waals surface area contributed by atoms with Crippen molar-refractivity contribution >= 4 is 40.4 Å². The van der Waals surface area contributed by atoms with E-state index in [1.165, 1.54) is 30.0 Å². The van der Waals surface area contributed by atoms with E-state index >= 15 is 0 Å². The van der Waals surface area contributed by atoms with Gasteiger partial charge in [-0.05, 0) is 12.3 Å². The fourth-order valence-corrected chi connectivity index (χ4v) is 2.95. The minimum atomic E-state index is -0.583. The van der Waals surface area contributed by atoms with Crippen LogP contribution in [0.25, 0.3) is 0 Å². The average Bonchev–Trinajstić information content (AvgIpc) is 2.79. The molecule has 1 heterocycles. The second-order valence-electron chi connectivity index (χ2n) is 3.50. The predicted molar refractivity (Wildman–Crippen MR) is 74.8 cm³/mol. The van der Waals surface area contributed by atoms with Crippen molar-refractivity contribution in [2.45, 2.75) is 4.34 Å². The minimum absolute atomic E-state index is 0.0236. The minimum Gasteiger partial charge on any atom is -0.382 e. The maximum absolute atomic E-state index is 12.3. The monoisotopic (exact) mass is 295 g/mol. The van der Waals surface area contributed by atoms with Crippen LogP contribution in [-0.4, -0.2) is 21.9 Å². The number of rotatable bonds is 4. The van der Waals surface area contributed by atoms with Gasteiger partial charge in [-0.3, -0.25) is 14.9 Å². The number of nitro groups is 1. The van der Waals surface area contributed by atoms with Crippen LogP contribution in [0.2, 0.25) is 0 Å². The summed E-state index contributed by atoms with van der Waals surface area (Å²) in [6.45, 7) is 0. The fraction of sp³-hybridized carbons (Fsp3) is 0.0909. The quantitative estimate of drug-likeness (QED) is 0.403. The van der Waals surface area contributed by atoms with Crippen molar-refractivity contribution in [3.8, 4) is 0 Å². The van der Waals surface area contributed by atoms with Crippen LogP contribution >= 0.6 is 23.1 Å². The molecule has 0 saturated carbocycles. The van der Waals surface area contributed by atoms with E-state index in [9.17, 15) is 14.9 Å². The van der Waals surface area contributed by atoms with Crippen LogP contribution in [0, 0.1) is 10.1 Å². The summed E-state index contributed by atoms with van der Waals surface area (Å²) in [6.07, 6.45) is 1.82. The van der Waals surface area contributed by atoms with Crippen LogP contribution in [0.5, 0.6) is 0 Å². The Hall–Kier alpha value is -1.93. The Morgan fingerprint density at radius 3 is 2.74 bits per heavy atom. The largest absolute Gasteiger partial charge is 0.382 e. The number of nitrogens with zero attached hydrogens (tertiary/aromatic N) is 2. The molecule has 2 aromatic rings. The Kier molecular flexibility index (Phi) is 3.82. The average molecular weight is 295 g/mol. The summed E-state index contributed by atoms with van der Waals surface area (Å²) < 4.78 is 0.652. The third kappa shape index (κ3) is 2.59. The zero-order chi connectivity index (χ0) is 14.0. The third-order valence-electron chi connectivity index (χ3n) is 2.36. The van der Waals surface area contributed by atoms with E-state index in [1.807, 2.05) is 6.26 Å². The van der Waals surface area contributed by atoms with Gasteiger partial charge in [-0.2, -0.15) is 0 Å². The summed E-state index contributed by atoms with van der Waals surface area (Å²) in [5.41, 5.74) is 5.47. The maximum atomic E-state index is 12.3. The molecule has 0 radical (unpaired) electrons. The lowest BCUT2D eigenvalue weighted by molar-refractivity contribution is -0.385. The van der Waals surface area contributed by atoms with Gasteiger partial charge in [-0.25, -0.2) is 4.98 Å². The number of nitrogen functional groups attached to an aromatic ring is 1. The molecule has 6 nitrogen and oxygen atoms in total.